The van der Waals surface area contributed by atoms with E-state index in [-0.39, 0.29) is 5.91 Å². The zero-order valence-electron chi connectivity index (χ0n) is 26.9. The molecular weight excluding hydrogens is 540 g/mol. The van der Waals surface area contributed by atoms with Gasteiger partial charge in [0.1, 0.15) is 5.69 Å². The summed E-state index contributed by atoms with van der Waals surface area (Å²) in [6.07, 6.45) is 16.7. The molecule has 0 bridgehead atoms. The first kappa shape index (κ1) is 32.4. The summed E-state index contributed by atoms with van der Waals surface area (Å²) in [5.74, 6) is 1.78. The Hall–Kier alpha value is -3.52. The standard InChI is InChI=1S/C35H50N4O4/c1-6-8-11-21-38(22-12-9-7-2)35(40)27-17-23-39-30(24-27)29(16-15-20-37-18-13-10-14-19-37)33(36-39)28-25-31(41-3)34(43-5)32(26-28)42-4/h15-17,23-26H,6-14,18-22H2,1-5H3. The van der Waals surface area contributed by atoms with Crippen LogP contribution in [0.2, 0.25) is 0 Å². The Kier molecular flexibility index (Phi) is 12.3. The molecule has 1 amide bonds. The molecular formula is C35H50N4O4. The van der Waals surface area contributed by atoms with Crippen LogP contribution in [0.25, 0.3) is 22.9 Å². The normalized spacial score (nSPS) is 14.0. The molecule has 3 aromatic rings. The van der Waals surface area contributed by atoms with Gasteiger partial charge in [-0.2, -0.15) is 5.10 Å². The smallest absolute Gasteiger partial charge is 0.253 e. The first-order valence-corrected chi connectivity index (χ1v) is 16.0. The SMILES string of the molecule is CCCCCN(CCCCC)C(=O)c1ccn2nc(-c3cc(OC)c(OC)c(OC)c3)c(C=CCN3CCCCC3)c2c1. The Bertz CT molecular complexity index is 1320. The number of nitrogens with zero attached hydrogens (tertiary/aromatic N) is 4. The molecule has 0 radical (unpaired) electrons. The number of benzene rings is 1. The van der Waals surface area contributed by atoms with Gasteiger partial charge in [0.2, 0.25) is 5.75 Å². The lowest BCUT2D eigenvalue weighted by atomic mass is 10.0. The van der Waals surface area contributed by atoms with Gasteiger partial charge in [0.05, 0.1) is 26.8 Å². The molecule has 1 fully saturated rings. The number of amides is 1. The monoisotopic (exact) mass is 590 g/mol. The third-order valence-corrected chi connectivity index (χ3v) is 8.31. The third-order valence-electron chi connectivity index (χ3n) is 8.31. The molecule has 1 aliphatic rings. The second-order valence-corrected chi connectivity index (χ2v) is 11.4. The van der Waals surface area contributed by atoms with Gasteiger partial charge < -0.3 is 19.1 Å². The van der Waals surface area contributed by atoms with Crippen LogP contribution in [0.15, 0.2) is 36.5 Å². The number of methoxy groups -OCH3 is 3. The van der Waals surface area contributed by atoms with Crippen LogP contribution < -0.4 is 14.2 Å². The summed E-state index contributed by atoms with van der Waals surface area (Å²) < 4.78 is 18.8. The molecule has 1 saturated heterocycles. The largest absolute Gasteiger partial charge is 0.493 e. The molecule has 43 heavy (non-hydrogen) atoms. The minimum absolute atomic E-state index is 0.0912. The van der Waals surface area contributed by atoms with Crippen LogP contribution in [-0.2, 0) is 0 Å². The number of ether oxygens (including phenoxy) is 3. The fraction of sp³-hybridized carbons (Fsp3) is 0.543. The van der Waals surface area contributed by atoms with E-state index in [9.17, 15) is 4.79 Å². The van der Waals surface area contributed by atoms with Crippen molar-refractivity contribution in [2.24, 2.45) is 0 Å². The van der Waals surface area contributed by atoms with E-state index in [0.717, 1.165) is 93.6 Å². The molecule has 0 N–H and O–H groups in total. The van der Waals surface area contributed by atoms with E-state index in [1.54, 1.807) is 21.3 Å². The van der Waals surface area contributed by atoms with Gasteiger partial charge in [-0.25, -0.2) is 4.52 Å². The summed E-state index contributed by atoms with van der Waals surface area (Å²) in [7, 11) is 4.84. The highest BCUT2D eigenvalue weighted by molar-refractivity contribution is 5.96. The van der Waals surface area contributed by atoms with E-state index in [0.29, 0.717) is 22.8 Å². The van der Waals surface area contributed by atoms with E-state index < -0.39 is 0 Å². The Morgan fingerprint density at radius 1 is 0.907 bits per heavy atom. The molecule has 8 nitrogen and oxygen atoms in total. The highest BCUT2D eigenvalue weighted by Crippen LogP contribution is 2.42. The van der Waals surface area contributed by atoms with E-state index >= 15 is 0 Å². The maximum atomic E-state index is 13.8. The lowest BCUT2D eigenvalue weighted by Crippen LogP contribution is -2.33. The summed E-state index contributed by atoms with van der Waals surface area (Å²) in [4.78, 5) is 18.4. The molecule has 0 unspecified atom stereocenters. The maximum Gasteiger partial charge on any atom is 0.253 e. The Balaban J connectivity index is 1.76. The average molecular weight is 591 g/mol. The van der Waals surface area contributed by atoms with Gasteiger partial charge in [-0.15, -0.1) is 0 Å². The number of aromatic nitrogens is 2. The summed E-state index contributed by atoms with van der Waals surface area (Å²) in [5.41, 5.74) is 4.20. The molecule has 1 aliphatic heterocycles. The first-order chi connectivity index (χ1) is 21.0. The van der Waals surface area contributed by atoms with Gasteiger partial charge >= 0.3 is 0 Å². The van der Waals surface area contributed by atoms with Gasteiger partial charge in [0.15, 0.2) is 11.5 Å². The van der Waals surface area contributed by atoms with Crippen LogP contribution in [0.5, 0.6) is 17.2 Å². The fourth-order valence-corrected chi connectivity index (χ4v) is 5.86. The zero-order valence-corrected chi connectivity index (χ0v) is 26.9. The summed E-state index contributed by atoms with van der Waals surface area (Å²) in [5, 5.41) is 5.00. The average Bonchev–Trinajstić information content (AvgIpc) is 3.41. The molecule has 4 rings (SSSR count). The molecule has 3 heterocycles. The number of likely N-dealkylation sites (tertiary alicyclic amines) is 1. The molecule has 0 aliphatic carbocycles. The lowest BCUT2D eigenvalue weighted by Gasteiger charge is -2.24. The quantitative estimate of drug-likeness (QED) is 0.163. The molecule has 0 spiro atoms. The van der Waals surface area contributed by atoms with Crippen molar-refractivity contribution in [2.45, 2.75) is 71.6 Å². The van der Waals surface area contributed by atoms with Crippen LogP contribution in [0, 0.1) is 0 Å². The van der Waals surface area contributed by atoms with Crippen LogP contribution in [-0.4, -0.2) is 79.4 Å². The number of hydrogen-bond donors (Lipinski definition) is 0. The molecule has 0 saturated carbocycles. The van der Waals surface area contributed by atoms with Crippen LogP contribution in [0.4, 0.5) is 0 Å². The van der Waals surface area contributed by atoms with Crippen molar-refractivity contribution < 1.29 is 19.0 Å². The molecule has 2 aromatic heterocycles. The molecule has 1 aromatic carbocycles. The highest BCUT2D eigenvalue weighted by Gasteiger charge is 2.21. The maximum absolute atomic E-state index is 13.8. The van der Waals surface area contributed by atoms with E-state index in [4.69, 9.17) is 19.3 Å². The lowest BCUT2D eigenvalue weighted by molar-refractivity contribution is 0.0749. The van der Waals surface area contributed by atoms with Gasteiger partial charge in [0, 0.05) is 42.5 Å². The van der Waals surface area contributed by atoms with Crippen molar-refractivity contribution in [3.05, 3.63) is 47.7 Å². The van der Waals surface area contributed by atoms with Crippen molar-refractivity contribution in [1.82, 2.24) is 19.4 Å². The minimum atomic E-state index is 0.0912. The van der Waals surface area contributed by atoms with Crippen LogP contribution >= 0.6 is 0 Å². The van der Waals surface area contributed by atoms with Crippen LogP contribution in [0.3, 0.4) is 0 Å². The van der Waals surface area contributed by atoms with E-state index in [1.165, 1.54) is 19.3 Å². The van der Waals surface area contributed by atoms with Crippen molar-refractivity contribution in [2.75, 3.05) is 54.1 Å². The number of fused-ring (bicyclic) bond motifs is 1. The van der Waals surface area contributed by atoms with Gasteiger partial charge in [-0.3, -0.25) is 9.69 Å². The Labute approximate surface area is 257 Å². The first-order valence-electron chi connectivity index (χ1n) is 16.0. The second kappa shape index (κ2) is 16.4. The van der Waals surface area contributed by atoms with Crippen molar-refractivity contribution in [3.63, 3.8) is 0 Å². The Morgan fingerprint density at radius 3 is 2.14 bits per heavy atom. The molecule has 0 atom stereocenters. The number of rotatable bonds is 16. The Morgan fingerprint density at radius 2 is 1.56 bits per heavy atom. The number of pyridine rings is 1. The number of unbranched alkanes of at least 4 members (excludes halogenated alkanes) is 4. The molecule has 234 valence electrons. The fourth-order valence-electron chi connectivity index (χ4n) is 5.86. The number of carbonyl (C=O) groups excluding carboxylic acids is 1. The predicted octanol–water partition coefficient (Wildman–Crippen LogP) is 7.35. The number of carbonyl (C=O) groups is 1. The van der Waals surface area contributed by atoms with E-state index in [2.05, 4.69) is 30.9 Å². The van der Waals surface area contributed by atoms with Crippen molar-refractivity contribution in [3.8, 4) is 28.5 Å². The number of hydrogen-bond acceptors (Lipinski definition) is 6. The van der Waals surface area contributed by atoms with Crippen molar-refractivity contribution >= 4 is 17.5 Å². The second-order valence-electron chi connectivity index (χ2n) is 11.4. The predicted molar refractivity (Wildman–Crippen MR) is 175 cm³/mol. The third kappa shape index (κ3) is 8.11. The minimum Gasteiger partial charge on any atom is -0.493 e. The van der Waals surface area contributed by atoms with Gasteiger partial charge in [-0.1, -0.05) is 58.1 Å². The zero-order chi connectivity index (χ0) is 30.6. The summed E-state index contributed by atoms with van der Waals surface area (Å²) in [6, 6.07) is 7.76. The van der Waals surface area contributed by atoms with Crippen LogP contribution in [0.1, 0.15) is 87.6 Å². The highest BCUT2D eigenvalue weighted by atomic mass is 16.5. The van der Waals surface area contributed by atoms with Gasteiger partial charge in [-0.05, 0) is 63.0 Å². The topological polar surface area (TPSA) is 68.5 Å². The summed E-state index contributed by atoms with van der Waals surface area (Å²) in [6.45, 7) is 9.12. The number of piperidine rings is 1. The summed E-state index contributed by atoms with van der Waals surface area (Å²) >= 11 is 0. The van der Waals surface area contributed by atoms with Gasteiger partial charge in [0.25, 0.3) is 5.91 Å². The van der Waals surface area contributed by atoms with Crippen molar-refractivity contribution in [1.29, 1.82) is 0 Å². The molecule has 8 heteroatoms. The van der Waals surface area contributed by atoms with E-state index in [1.807, 2.05) is 39.9 Å².